The molecule has 2 N–H and O–H groups in total. The number of hydrogen-bond acceptors (Lipinski definition) is 24. The Bertz CT molecular complexity index is 1530. The van der Waals surface area contributed by atoms with Crippen LogP contribution in [0, 0.1) is 0 Å². The topological polar surface area (TPSA) is 266 Å². The van der Waals surface area contributed by atoms with Crippen molar-refractivity contribution in [3.05, 3.63) is 42.0 Å². The largest absolute Gasteiger partial charge is 0.564 e. The molecule has 26 heteroatoms. The van der Waals surface area contributed by atoms with Crippen molar-refractivity contribution in [1.29, 1.82) is 0 Å². The molecule has 0 aliphatic carbocycles. The first-order valence-corrected chi connectivity index (χ1v) is 31.5. The van der Waals surface area contributed by atoms with Crippen LogP contribution in [0.1, 0.15) is 63.0 Å². The maximum atomic E-state index is 10.8. The Morgan fingerprint density at radius 1 is 0.369 bits per heavy atom. The third-order valence-electron chi connectivity index (χ3n) is 11.3. The van der Waals surface area contributed by atoms with Crippen LogP contribution in [0.3, 0.4) is 0 Å². The van der Waals surface area contributed by atoms with E-state index in [1.165, 1.54) is 56.1 Å². The molecule has 1 rings (SSSR count). The molecule has 1 unspecified atom stereocenters. The lowest BCUT2D eigenvalue weighted by Crippen LogP contribution is -2.22. The second-order valence-electron chi connectivity index (χ2n) is 18.1. The third kappa shape index (κ3) is 60.3. The molecular weight excluding hydrogens is 1130 g/mol. The number of benzene rings is 1. The summed E-state index contributed by atoms with van der Waals surface area (Å²) in [6.45, 7) is 23.7. The summed E-state index contributed by atoms with van der Waals surface area (Å²) in [4.78, 5) is 0. The van der Waals surface area contributed by atoms with Gasteiger partial charge in [-0.05, 0) is 40.7 Å². The van der Waals surface area contributed by atoms with Crippen molar-refractivity contribution in [2.24, 2.45) is 5.90 Å². The summed E-state index contributed by atoms with van der Waals surface area (Å²) >= 11 is 0. The molecule has 0 spiro atoms. The maximum absolute atomic E-state index is 10.8. The number of hydrogen-bond donors (Lipinski definition) is 1. The van der Waals surface area contributed by atoms with Crippen LogP contribution in [0.4, 0.5) is 0 Å². The quantitative estimate of drug-likeness (QED) is 0.0390. The van der Waals surface area contributed by atoms with Crippen LogP contribution in [0.15, 0.2) is 30.9 Å². The fraction of sp³-hybridized carbons (Fsp3) is 0.862. The van der Waals surface area contributed by atoms with Gasteiger partial charge in [0.2, 0.25) is 0 Å². The van der Waals surface area contributed by atoms with Gasteiger partial charge in [0.05, 0.1) is 251 Å². The lowest BCUT2D eigenvalue weighted by Gasteiger charge is -2.13. The molecule has 1 atom stereocenters. The molecule has 0 bridgehead atoms. The number of nitrogens with two attached hydrogens (primary N) is 1. The Morgan fingerprint density at radius 2 is 0.619 bits per heavy atom. The van der Waals surface area contributed by atoms with E-state index >= 15 is 0 Å². The van der Waals surface area contributed by atoms with Crippen LogP contribution in [0.5, 0.6) is 5.75 Å². The van der Waals surface area contributed by atoms with Crippen LogP contribution in [-0.4, -0.2) is 264 Å². The van der Waals surface area contributed by atoms with Gasteiger partial charge < -0.3 is 94.7 Å². The summed E-state index contributed by atoms with van der Waals surface area (Å²) in [5.41, 5.74) is 2.55. The van der Waals surface area contributed by atoms with Gasteiger partial charge in [-0.2, -0.15) is 5.90 Å². The van der Waals surface area contributed by atoms with Crippen LogP contribution in [0.2, 0.25) is 0 Å². The number of rotatable bonds is 73. The summed E-state index contributed by atoms with van der Waals surface area (Å²) in [7, 11) is -4.15. The van der Waals surface area contributed by atoms with Crippen LogP contribution in [0.25, 0.3) is 0 Å². The molecule has 25 nitrogen and oxygen atoms in total. The van der Waals surface area contributed by atoms with E-state index in [1.54, 1.807) is 0 Å². The minimum atomic E-state index is -4.15. The SMILES string of the molecule is C=CCc1cc(CCCCCCCCC)ccc1OCCOCCOCCOCCOCCOCCOCCOCCOCCOCCOCCOCCOCCOCCOCCOCCOCCOCCOCCOCCO[S+]([O])(=O)ON. The minimum absolute atomic E-state index is 0.0538. The van der Waals surface area contributed by atoms with Crippen molar-refractivity contribution in [3.8, 4) is 5.75 Å². The van der Waals surface area contributed by atoms with Crippen molar-refractivity contribution in [3.63, 3.8) is 0 Å². The summed E-state index contributed by atoms with van der Waals surface area (Å²) in [6.07, 6.45) is 13.1. The standard InChI is InChI=1S/C58H109NO24S/c1-3-5-6-7-8-9-10-12-56-13-14-58(57(55-56)11-4-2)81-53-51-79-49-47-77-45-43-75-41-39-73-37-35-71-33-31-69-29-27-67-25-23-65-21-19-63-17-15-62-16-18-64-20-22-66-24-26-68-28-30-70-32-34-72-36-38-74-40-42-76-44-46-78-48-50-80-52-54-82-84(60,61)83-59/h4,13-14,55H,2-3,5-12,15-54,59H2,1H3/q+1. The van der Waals surface area contributed by atoms with Crippen LogP contribution >= 0.6 is 0 Å². The number of aryl methyl sites for hydroxylation is 1. The molecule has 495 valence electrons. The first kappa shape index (κ1) is 80.0. The van der Waals surface area contributed by atoms with E-state index in [2.05, 4.69) is 46.1 Å². The van der Waals surface area contributed by atoms with Gasteiger partial charge in [0, 0.05) is 4.21 Å². The second kappa shape index (κ2) is 66.9. The molecule has 0 fully saturated rings. The van der Waals surface area contributed by atoms with E-state index in [0.717, 1.165) is 18.6 Å². The lowest BCUT2D eigenvalue weighted by molar-refractivity contribution is -0.0313. The highest BCUT2D eigenvalue weighted by molar-refractivity contribution is 7.88. The van der Waals surface area contributed by atoms with Gasteiger partial charge in [0.25, 0.3) is 0 Å². The molecule has 1 aromatic carbocycles. The molecular formula is C58H109NO24S+. The molecule has 0 saturated carbocycles. The Labute approximate surface area is 503 Å². The summed E-state index contributed by atoms with van der Waals surface area (Å²) in [5, 5.41) is 0. The molecule has 0 heterocycles. The van der Waals surface area contributed by atoms with Crippen molar-refractivity contribution < 1.29 is 112 Å². The molecule has 0 amide bonds. The van der Waals surface area contributed by atoms with Crippen LogP contribution in [-0.2, 0) is 131 Å². The molecule has 0 saturated heterocycles. The smallest absolute Gasteiger partial charge is 0.491 e. The molecule has 1 radical (unpaired) electrons. The minimum Gasteiger partial charge on any atom is -0.491 e. The first-order valence-electron chi connectivity index (χ1n) is 30.1. The van der Waals surface area contributed by atoms with E-state index < -0.39 is 10.8 Å². The van der Waals surface area contributed by atoms with E-state index in [0.29, 0.717) is 244 Å². The zero-order valence-electron chi connectivity index (χ0n) is 50.9. The van der Waals surface area contributed by atoms with Gasteiger partial charge in [-0.25, -0.2) is 0 Å². The fourth-order valence-electron chi connectivity index (χ4n) is 7.02. The number of allylic oxidation sites excluding steroid dienone is 1. The van der Waals surface area contributed by atoms with Gasteiger partial charge in [-0.1, -0.05) is 63.7 Å². The first-order chi connectivity index (χ1) is 41.5. The monoisotopic (exact) mass is 1240 g/mol. The lowest BCUT2D eigenvalue weighted by atomic mass is 10.0. The molecule has 84 heavy (non-hydrogen) atoms. The van der Waals surface area contributed by atoms with Gasteiger partial charge in [0.15, 0.2) is 0 Å². The van der Waals surface area contributed by atoms with Crippen molar-refractivity contribution >= 4 is 10.8 Å². The normalized spacial score (nSPS) is 12.4. The predicted molar refractivity (Wildman–Crippen MR) is 313 cm³/mol. The Kier molecular flexibility index (Phi) is 63.7. The summed E-state index contributed by atoms with van der Waals surface area (Å²) < 4.78 is 140. The van der Waals surface area contributed by atoms with Crippen LogP contribution < -0.4 is 10.6 Å². The predicted octanol–water partition coefficient (Wildman–Crippen LogP) is 4.98. The average molecular weight is 1240 g/mol. The highest BCUT2D eigenvalue weighted by atomic mass is 32.3. The fourth-order valence-corrected chi connectivity index (χ4v) is 7.35. The molecule has 1 aromatic rings. The Morgan fingerprint density at radius 3 is 0.881 bits per heavy atom. The van der Waals surface area contributed by atoms with Crippen molar-refractivity contribution in [2.75, 3.05) is 264 Å². The van der Waals surface area contributed by atoms with Gasteiger partial charge in [-0.3, -0.25) is 0 Å². The maximum Gasteiger partial charge on any atom is 0.564 e. The van der Waals surface area contributed by atoms with Crippen molar-refractivity contribution in [1.82, 2.24) is 0 Å². The number of unbranched alkanes of at least 4 members (excludes halogenated alkanes) is 6. The zero-order chi connectivity index (χ0) is 60.3. The second-order valence-corrected chi connectivity index (χ2v) is 19.4. The van der Waals surface area contributed by atoms with Gasteiger partial charge >= 0.3 is 10.8 Å². The summed E-state index contributed by atoms with van der Waals surface area (Å²) in [5.74, 6) is 5.44. The third-order valence-corrected chi connectivity index (χ3v) is 12.0. The van der Waals surface area contributed by atoms with Crippen molar-refractivity contribution in [2.45, 2.75) is 64.7 Å². The van der Waals surface area contributed by atoms with E-state index in [4.69, 9.17) is 94.7 Å². The molecule has 0 aliphatic heterocycles. The average Bonchev–Trinajstić information content (AvgIpc) is 3.50. The molecule has 0 aliphatic rings. The summed E-state index contributed by atoms with van der Waals surface area (Å²) in [6, 6.07) is 6.55. The van der Waals surface area contributed by atoms with E-state index in [9.17, 15) is 8.76 Å². The van der Waals surface area contributed by atoms with Gasteiger partial charge in [-0.15, -0.1) is 10.8 Å². The van der Waals surface area contributed by atoms with E-state index in [1.807, 2.05) is 6.08 Å². The Balaban J connectivity index is 1.66. The Hall–Kier alpha value is -2.01. The molecule has 0 aromatic heterocycles. The van der Waals surface area contributed by atoms with E-state index in [-0.39, 0.29) is 19.8 Å². The highest BCUT2D eigenvalue weighted by Gasteiger charge is 2.32. The zero-order valence-corrected chi connectivity index (χ0v) is 51.8. The highest BCUT2D eigenvalue weighted by Crippen LogP contribution is 2.23. The van der Waals surface area contributed by atoms with Gasteiger partial charge in [0.1, 0.15) is 23.5 Å². The number of ether oxygens (including phenoxy) is 20.